The van der Waals surface area contributed by atoms with Crippen LogP contribution in [0.2, 0.25) is 0 Å². The van der Waals surface area contributed by atoms with E-state index in [1.165, 1.54) is 14.4 Å². The zero-order valence-electron chi connectivity index (χ0n) is 15.7. The van der Waals surface area contributed by atoms with Gasteiger partial charge in [0.05, 0.1) is 0 Å². The first kappa shape index (κ1) is 21.7. The summed E-state index contributed by atoms with van der Waals surface area (Å²) >= 11 is 1.55. The summed E-state index contributed by atoms with van der Waals surface area (Å²) in [6.07, 6.45) is 17.3. The van der Waals surface area contributed by atoms with E-state index in [1.54, 1.807) is 24.2 Å². The molecule has 0 spiro atoms. The second-order valence-corrected chi connectivity index (χ2v) is 10.4. The van der Waals surface area contributed by atoms with E-state index in [9.17, 15) is 0 Å². The van der Waals surface area contributed by atoms with Crippen LogP contribution in [-0.2, 0) is 24.2 Å². The fraction of sp³-hybridized carbons (Fsp3) is 0.571. The summed E-state index contributed by atoms with van der Waals surface area (Å²) in [5.74, 6) is 0. The molecule has 0 aliphatic heterocycles. The molecule has 0 saturated heterocycles. The molecule has 1 heteroatoms. The van der Waals surface area contributed by atoms with E-state index in [0.717, 1.165) is 12.8 Å². The Hall–Kier alpha value is -0.287. The zero-order valence-corrected chi connectivity index (χ0v) is 18.2. The molecule has 0 nitrogen and oxygen atoms in total. The molecule has 0 N–H and O–H groups in total. The fourth-order valence-electron chi connectivity index (χ4n) is 1.84. The zero-order chi connectivity index (χ0) is 17.4. The first-order chi connectivity index (χ1) is 9.94. The second kappa shape index (κ2) is 9.76. The Morgan fingerprint density at radius 3 is 1.18 bits per heavy atom. The Morgan fingerprint density at radius 2 is 1.09 bits per heavy atom. The summed E-state index contributed by atoms with van der Waals surface area (Å²) in [6, 6.07) is 0. The fourth-order valence-corrected chi connectivity index (χ4v) is 1.84. The maximum absolute atomic E-state index is 3.30. The van der Waals surface area contributed by atoms with Gasteiger partial charge in [0.25, 0.3) is 0 Å². The van der Waals surface area contributed by atoms with Crippen LogP contribution in [0, 0.1) is 23.0 Å². The van der Waals surface area contributed by atoms with Crippen molar-refractivity contribution < 1.29 is 24.2 Å². The molecule has 0 radical (unpaired) electrons. The standard InChI is InChI=1S/2C9H13.C3H6.Zr/c2*1-9(2,3)8-6-4-5-7-8;1-3-2;/h2*4,6H,5H2,1-3H3;1-2H3;/q2*-1;;+2. The van der Waals surface area contributed by atoms with Crippen LogP contribution in [0.3, 0.4) is 0 Å². The Morgan fingerprint density at radius 1 is 0.818 bits per heavy atom. The van der Waals surface area contributed by atoms with Crippen molar-refractivity contribution in [3.05, 3.63) is 47.6 Å². The van der Waals surface area contributed by atoms with Crippen molar-refractivity contribution in [2.24, 2.45) is 10.8 Å². The molecule has 2 aliphatic carbocycles. The molecule has 0 saturated carbocycles. The minimum absolute atomic E-state index is 0.299. The van der Waals surface area contributed by atoms with Crippen molar-refractivity contribution in [2.75, 3.05) is 0 Å². The van der Waals surface area contributed by atoms with E-state index >= 15 is 0 Å². The number of hydrogen-bond acceptors (Lipinski definition) is 0. The van der Waals surface area contributed by atoms with Crippen molar-refractivity contribution >= 4 is 3.21 Å². The van der Waals surface area contributed by atoms with Crippen molar-refractivity contribution in [2.45, 2.75) is 68.2 Å². The molecule has 2 aliphatic rings. The summed E-state index contributed by atoms with van der Waals surface area (Å²) in [4.78, 5) is 0. The normalized spacial score (nSPS) is 16.3. The van der Waals surface area contributed by atoms with Gasteiger partial charge in [-0.05, 0) is 10.8 Å². The summed E-state index contributed by atoms with van der Waals surface area (Å²) in [5, 5.41) is 0. The van der Waals surface area contributed by atoms with Gasteiger partial charge in [0, 0.05) is 0 Å². The van der Waals surface area contributed by atoms with Gasteiger partial charge in [-0.1, -0.05) is 41.5 Å². The average Bonchev–Trinajstić information content (AvgIpc) is 3.02. The Balaban J connectivity index is 0.000000326. The molecule has 0 amide bonds. The van der Waals surface area contributed by atoms with Crippen molar-refractivity contribution in [3.63, 3.8) is 0 Å². The molecule has 0 aromatic rings. The molecule has 2 rings (SSSR count). The Labute approximate surface area is 153 Å². The van der Waals surface area contributed by atoms with Crippen LogP contribution >= 0.6 is 0 Å². The second-order valence-electron chi connectivity index (χ2n) is 7.89. The molecule has 0 aromatic heterocycles. The SMILES string of the molecule is CC(C)(C)C1=[C-]CC=C1.CC(C)(C)C1=[C-]CC=C1.C[C](C)=[Zr+2]. The van der Waals surface area contributed by atoms with E-state index in [-0.39, 0.29) is 0 Å². The third-order valence-electron chi connectivity index (χ3n) is 3.01. The van der Waals surface area contributed by atoms with Crippen molar-refractivity contribution in [1.29, 1.82) is 0 Å². The van der Waals surface area contributed by atoms with Gasteiger partial charge >= 0.3 is 41.3 Å². The van der Waals surface area contributed by atoms with Gasteiger partial charge in [-0.3, -0.25) is 12.2 Å². The molecule has 0 unspecified atom stereocenters. The van der Waals surface area contributed by atoms with Crippen LogP contribution < -0.4 is 0 Å². The molecule has 0 bridgehead atoms. The van der Waals surface area contributed by atoms with Crippen LogP contribution in [0.25, 0.3) is 0 Å². The van der Waals surface area contributed by atoms with Gasteiger partial charge in [0.15, 0.2) is 0 Å². The van der Waals surface area contributed by atoms with Crippen molar-refractivity contribution in [3.8, 4) is 0 Å². The number of allylic oxidation sites excluding steroid dienone is 8. The Bertz CT molecular complexity index is 427. The quantitative estimate of drug-likeness (QED) is 0.443. The first-order valence-corrected chi connectivity index (χ1v) is 9.25. The van der Waals surface area contributed by atoms with Gasteiger partial charge in [0.2, 0.25) is 0 Å². The van der Waals surface area contributed by atoms with Crippen LogP contribution in [0.15, 0.2) is 35.5 Å². The predicted molar refractivity (Wildman–Crippen MR) is 96.3 cm³/mol. The van der Waals surface area contributed by atoms with E-state index < -0.39 is 0 Å². The van der Waals surface area contributed by atoms with Crippen LogP contribution in [0.1, 0.15) is 68.2 Å². The predicted octanol–water partition coefficient (Wildman–Crippen LogP) is 6.19. The van der Waals surface area contributed by atoms with Crippen LogP contribution in [0.5, 0.6) is 0 Å². The molecule has 22 heavy (non-hydrogen) atoms. The molecule has 0 fully saturated rings. The monoisotopic (exact) mass is 374 g/mol. The van der Waals surface area contributed by atoms with Crippen LogP contribution in [-0.4, -0.2) is 3.21 Å². The minimum atomic E-state index is 0.299. The molecular formula is C21H32Zr. The summed E-state index contributed by atoms with van der Waals surface area (Å²) in [6.45, 7) is 17.5. The third kappa shape index (κ3) is 10.4. The summed E-state index contributed by atoms with van der Waals surface area (Å²) < 4.78 is 1.51. The average molecular weight is 376 g/mol. The van der Waals surface area contributed by atoms with Gasteiger partial charge in [-0.25, -0.2) is 23.3 Å². The summed E-state index contributed by atoms with van der Waals surface area (Å²) in [5.41, 5.74) is 3.30. The first-order valence-electron chi connectivity index (χ1n) is 8.02. The maximum atomic E-state index is 3.30. The molecule has 0 heterocycles. The van der Waals surface area contributed by atoms with E-state index in [2.05, 4.69) is 91.8 Å². The van der Waals surface area contributed by atoms with Gasteiger partial charge in [0.1, 0.15) is 0 Å². The Kier molecular flexibility index (Phi) is 9.64. The summed E-state index contributed by atoms with van der Waals surface area (Å²) in [7, 11) is 0. The van der Waals surface area contributed by atoms with Gasteiger partial charge in [-0.15, -0.1) is 12.8 Å². The van der Waals surface area contributed by atoms with E-state index in [4.69, 9.17) is 0 Å². The van der Waals surface area contributed by atoms with Crippen LogP contribution in [0.4, 0.5) is 0 Å². The molecule has 0 aromatic carbocycles. The van der Waals surface area contributed by atoms with Crippen molar-refractivity contribution in [1.82, 2.24) is 0 Å². The van der Waals surface area contributed by atoms with E-state index in [1.807, 2.05) is 0 Å². The van der Waals surface area contributed by atoms with Gasteiger partial charge in [-0.2, -0.15) is 12.2 Å². The molecule has 120 valence electrons. The number of rotatable bonds is 0. The molecular weight excluding hydrogens is 343 g/mol. The molecule has 0 atom stereocenters. The third-order valence-corrected chi connectivity index (χ3v) is 3.01. The number of hydrogen-bond donors (Lipinski definition) is 0. The van der Waals surface area contributed by atoms with E-state index in [0.29, 0.717) is 10.8 Å². The van der Waals surface area contributed by atoms with Gasteiger partial charge < -0.3 is 0 Å². The topological polar surface area (TPSA) is 0 Å².